The van der Waals surface area contributed by atoms with E-state index in [2.05, 4.69) is 0 Å². The second kappa shape index (κ2) is 7.51. The fraction of sp³-hybridized carbons (Fsp3) is 0.0435. The molecule has 1 aliphatic heterocycles. The van der Waals surface area contributed by atoms with Crippen molar-refractivity contribution in [3.05, 3.63) is 107 Å². The molecule has 1 amide bonds. The molecule has 4 rings (SSSR count). The van der Waals surface area contributed by atoms with Crippen molar-refractivity contribution in [3.63, 3.8) is 0 Å². The fourth-order valence-corrected chi connectivity index (χ4v) is 3.46. The number of hydrogen-bond acceptors (Lipinski definition) is 3. The lowest BCUT2D eigenvalue weighted by molar-refractivity contribution is -0.132. The molecule has 1 heterocycles. The Hall–Kier alpha value is -3.87. The third-order valence-electron chi connectivity index (χ3n) is 4.85. The van der Waals surface area contributed by atoms with Crippen LogP contribution >= 0.6 is 0 Å². The highest BCUT2D eigenvalue weighted by Gasteiger charge is 2.47. The summed E-state index contributed by atoms with van der Waals surface area (Å²) in [7, 11) is 0. The first-order valence-corrected chi connectivity index (χ1v) is 8.95. The van der Waals surface area contributed by atoms with Crippen molar-refractivity contribution in [2.24, 2.45) is 0 Å². The van der Waals surface area contributed by atoms with Crippen LogP contribution in [0, 0.1) is 17.5 Å². The molecule has 150 valence electrons. The van der Waals surface area contributed by atoms with Gasteiger partial charge >= 0.3 is 0 Å². The number of amides is 1. The van der Waals surface area contributed by atoms with E-state index in [-0.39, 0.29) is 16.7 Å². The zero-order valence-electron chi connectivity index (χ0n) is 15.4. The maximum Gasteiger partial charge on any atom is 0.300 e. The minimum absolute atomic E-state index is 0.247. The minimum atomic E-state index is -1.28. The SMILES string of the molecule is O=C1C(=O)N(c2cc(F)ccc2F)C(c2ccc(F)cc2)/C1=C(\O)c1ccccc1. The van der Waals surface area contributed by atoms with Gasteiger partial charge in [-0.3, -0.25) is 14.5 Å². The van der Waals surface area contributed by atoms with Crippen LogP contribution in [0.15, 0.2) is 78.4 Å². The van der Waals surface area contributed by atoms with Crippen LogP contribution in [-0.2, 0) is 9.59 Å². The highest BCUT2D eigenvalue weighted by Crippen LogP contribution is 2.43. The molecular formula is C23H14F3NO3. The Bertz CT molecular complexity index is 1170. The molecule has 30 heavy (non-hydrogen) atoms. The number of halogens is 3. The summed E-state index contributed by atoms with van der Waals surface area (Å²) in [5, 5.41) is 10.8. The van der Waals surface area contributed by atoms with E-state index in [1.54, 1.807) is 18.2 Å². The van der Waals surface area contributed by atoms with Gasteiger partial charge in [0.05, 0.1) is 17.3 Å². The van der Waals surface area contributed by atoms with Crippen LogP contribution < -0.4 is 4.90 Å². The molecule has 0 bridgehead atoms. The van der Waals surface area contributed by atoms with E-state index in [4.69, 9.17) is 0 Å². The number of Topliss-reactive ketones (excluding diaryl/α,β-unsaturated/α-hetero) is 1. The number of aliphatic hydroxyl groups is 1. The van der Waals surface area contributed by atoms with Crippen molar-refractivity contribution in [3.8, 4) is 0 Å². The van der Waals surface area contributed by atoms with E-state index in [9.17, 15) is 27.9 Å². The number of carbonyl (C=O) groups is 2. The zero-order valence-corrected chi connectivity index (χ0v) is 15.4. The van der Waals surface area contributed by atoms with E-state index in [0.717, 1.165) is 35.2 Å². The molecule has 0 aliphatic carbocycles. The molecule has 7 heteroatoms. The van der Waals surface area contributed by atoms with E-state index in [1.165, 1.54) is 24.3 Å². The van der Waals surface area contributed by atoms with Crippen LogP contribution in [0.2, 0.25) is 0 Å². The number of rotatable bonds is 3. The van der Waals surface area contributed by atoms with Gasteiger partial charge in [-0.05, 0) is 29.8 Å². The van der Waals surface area contributed by atoms with Crippen molar-refractivity contribution in [2.75, 3.05) is 4.90 Å². The Morgan fingerprint density at radius 3 is 2.13 bits per heavy atom. The van der Waals surface area contributed by atoms with E-state index < -0.39 is 46.6 Å². The van der Waals surface area contributed by atoms with Crippen molar-refractivity contribution in [2.45, 2.75) is 6.04 Å². The molecule has 0 saturated carbocycles. The van der Waals surface area contributed by atoms with Crippen LogP contribution in [0.4, 0.5) is 18.9 Å². The topological polar surface area (TPSA) is 57.6 Å². The molecule has 1 atom stereocenters. The summed E-state index contributed by atoms with van der Waals surface area (Å²) in [5.41, 5.74) is -0.251. The predicted molar refractivity (Wildman–Crippen MR) is 104 cm³/mol. The third kappa shape index (κ3) is 3.24. The van der Waals surface area contributed by atoms with Gasteiger partial charge in [0.2, 0.25) is 0 Å². The summed E-state index contributed by atoms with van der Waals surface area (Å²) >= 11 is 0. The summed E-state index contributed by atoms with van der Waals surface area (Å²) < 4.78 is 41.8. The van der Waals surface area contributed by atoms with Crippen LogP contribution in [-0.4, -0.2) is 16.8 Å². The van der Waals surface area contributed by atoms with Crippen molar-refractivity contribution in [1.82, 2.24) is 0 Å². The first-order valence-electron chi connectivity index (χ1n) is 8.95. The zero-order chi connectivity index (χ0) is 21.4. The van der Waals surface area contributed by atoms with Crippen LogP contribution in [0.3, 0.4) is 0 Å². The predicted octanol–water partition coefficient (Wildman–Crippen LogP) is 4.73. The molecule has 1 aliphatic rings. The van der Waals surface area contributed by atoms with Gasteiger partial charge in [-0.25, -0.2) is 13.2 Å². The highest BCUT2D eigenvalue weighted by atomic mass is 19.1. The Morgan fingerprint density at radius 1 is 0.833 bits per heavy atom. The van der Waals surface area contributed by atoms with E-state index in [1.807, 2.05) is 0 Å². The summed E-state index contributed by atoms with van der Waals surface area (Å²) in [5.74, 6) is -4.96. The number of hydrogen-bond donors (Lipinski definition) is 1. The van der Waals surface area contributed by atoms with Crippen LogP contribution in [0.1, 0.15) is 17.2 Å². The number of benzene rings is 3. The average Bonchev–Trinajstić information content (AvgIpc) is 3.01. The van der Waals surface area contributed by atoms with Gasteiger partial charge in [-0.2, -0.15) is 0 Å². The molecule has 3 aromatic rings. The van der Waals surface area contributed by atoms with Gasteiger partial charge in [0.15, 0.2) is 0 Å². The Balaban J connectivity index is 1.98. The molecule has 1 N–H and O–H groups in total. The molecule has 1 fully saturated rings. The molecule has 0 radical (unpaired) electrons. The monoisotopic (exact) mass is 409 g/mol. The van der Waals surface area contributed by atoms with E-state index in [0.29, 0.717) is 0 Å². The van der Waals surface area contributed by atoms with Gasteiger partial charge in [0, 0.05) is 11.6 Å². The molecule has 1 saturated heterocycles. The number of anilines is 1. The average molecular weight is 409 g/mol. The lowest BCUT2D eigenvalue weighted by Gasteiger charge is -2.25. The second-order valence-electron chi connectivity index (χ2n) is 6.68. The summed E-state index contributed by atoms with van der Waals surface area (Å²) in [4.78, 5) is 26.5. The largest absolute Gasteiger partial charge is 0.507 e. The van der Waals surface area contributed by atoms with Crippen molar-refractivity contribution >= 4 is 23.1 Å². The third-order valence-corrected chi connectivity index (χ3v) is 4.85. The standard InChI is InChI=1S/C23H14F3NO3/c24-15-8-6-13(7-9-15)20-19(21(28)14-4-2-1-3-5-14)22(29)23(30)27(20)18-12-16(25)10-11-17(18)26/h1-12,20,28H/b21-19+. The number of nitrogens with zero attached hydrogens (tertiary/aromatic N) is 1. The fourth-order valence-electron chi connectivity index (χ4n) is 3.46. The van der Waals surface area contributed by atoms with Gasteiger partial charge in [0.25, 0.3) is 11.7 Å². The first kappa shape index (κ1) is 19.4. The number of carbonyl (C=O) groups excluding carboxylic acids is 2. The summed E-state index contributed by atoms with van der Waals surface area (Å²) in [6.45, 7) is 0. The smallest absolute Gasteiger partial charge is 0.300 e. The Morgan fingerprint density at radius 2 is 1.47 bits per heavy atom. The normalized spacial score (nSPS) is 18.1. The molecular weight excluding hydrogens is 395 g/mol. The Labute approximate surface area is 169 Å². The molecule has 0 aromatic heterocycles. The number of ketones is 1. The highest BCUT2D eigenvalue weighted by molar-refractivity contribution is 6.51. The van der Waals surface area contributed by atoms with Crippen molar-refractivity contribution < 1.29 is 27.9 Å². The van der Waals surface area contributed by atoms with Crippen molar-refractivity contribution in [1.29, 1.82) is 0 Å². The van der Waals surface area contributed by atoms with E-state index >= 15 is 0 Å². The number of aliphatic hydroxyl groups excluding tert-OH is 1. The molecule has 0 spiro atoms. The molecule has 1 unspecified atom stereocenters. The molecule has 3 aromatic carbocycles. The van der Waals surface area contributed by atoms with Gasteiger partial charge in [0.1, 0.15) is 23.2 Å². The maximum atomic E-state index is 14.5. The van der Waals surface area contributed by atoms with Gasteiger partial charge < -0.3 is 5.11 Å². The molecule has 4 nitrogen and oxygen atoms in total. The van der Waals surface area contributed by atoms with Gasteiger partial charge in [-0.15, -0.1) is 0 Å². The minimum Gasteiger partial charge on any atom is -0.507 e. The lowest BCUT2D eigenvalue weighted by atomic mass is 9.95. The second-order valence-corrected chi connectivity index (χ2v) is 6.68. The quantitative estimate of drug-likeness (QED) is 0.387. The first-order chi connectivity index (χ1) is 14.4. The van der Waals surface area contributed by atoms with Crippen LogP contribution in [0.5, 0.6) is 0 Å². The summed E-state index contributed by atoms with van der Waals surface area (Å²) in [6, 6.07) is 14.1. The maximum absolute atomic E-state index is 14.5. The lowest BCUT2D eigenvalue weighted by Crippen LogP contribution is -2.30. The van der Waals surface area contributed by atoms with Crippen LogP contribution in [0.25, 0.3) is 5.76 Å². The Kier molecular flexibility index (Phi) is 4.87. The summed E-state index contributed by atoms with van der Waals surface area (Å²) in [6.07, 6.45) is 0. The van der Waals surface area contributed by atoms with Gasteiger partial charge in [-0.1, -0.05) is 42.5 Å².